The van der Waals surface area contributed by atoms with Crippen molar-refractivity contribution < 1.29 is 0 Å². The molecule has 0 aromatic heterocycles. The van der Waals surface area contributed by atoms with Crippen molar-refractivity contribution in [2.75, 3.05) is 0 Å². The first-order chi connectivity index (χ1) is 6.66. The summed E-state index contributed by atoms with van der Waals surface area (Å²) in [5.74, 6) is 1.55. The first-order valence-electron chi connectivity index (χ1n) is 6.49. The summed E-state index contributed by atoms with van der Waals surface area (Å²) in [6.07, 6.45) is 11.2. The van der Waals surface area contributed by atoms with Crippen LogP contribution in [0, 0.1) is 18.8 Å². The maximum atomic E-state index is 4.03. The van der Waals surface area contributed by atoms with Crippen LogP contribution in [0.3, 0.4) is 0 Å². The van der Waals surface area contributed by atoms with Crippen LogP contribution in [0.5, 0.6) is 0 Å². The van der Waals surface area contributed by atoms with Crippen molar-refractivity contribution in [3.05, 3.63) is 6.92 Å². The van der Waals surface area contributed by atoms with E-state index in [0.717, 1.165) is 5.92 Å². The van der Waals surface area contributed by atoms with Crippen LogP contribution in [0.25, 0.3) is 0 Å². The van der Waals surface area contributed by atoms with Gasteiger partial charge in [0.25, 0.3) is 0 Å². The summed E-state index contributed by atoms with van der Waals surface area (Å²) in [7, 11) is 0. The minimum atomic E-state index is 0.637. The van der Waals surface area contributed by atoms with Gasteiger partial charge < -0.3 is 0 Å². The number of hydrogen-bond acceptors (Lipinski definition) is 0. The molecule has 0 fully saturated rings. The molecule has 1 radical (unpaired) electrons. The van der Waals surface area contributed by atoms with E-state index < -0.39 is 0 Å². The standard InChI is InChI=1S/C14H29/c1-5-6-7-8-9-10-14(4)12-11-13(2)3/h13-14H,2,5-12H2,1,3-4H3. The van der Waals surface area contributed by atoms with Gasteiger partial charge in [0, 0.05) is 0 Å². The van der Waals surface area contributed by atoms with Gasteiger partial charge in [-0.05, 0) is 11.8 Å². The predicted octanol–water partition coefficient (Wildman–Crippen LogP) is 5.23. The molecule has 0 nitrogen and oxygen atoms in total. The van der Waals surface area contributed by atoms with Gasteiger partial charge in [0.05, 0.1) is 0 Å². The first kappa shape index (κ1) is 14.0. The van der Waals surface area contributed by atoms with E-state index in [0.29, 0.717) is 5.92 Å². The molecule has 0 saturated carbocycles. The maximum absolute atomic E-state index is 4.03. The Morgan fingerprint density at radius 3 is 2.07 bits per heavy atom. The molecule has 85 valence electrons. The molecule has 0 rings (SSSR count). The topological polar surface area (TPSA) is 0 Å². The SMILES string of the molecule is [CH2]C(C)CCC(C)CCCCCCC. The molecule has 0 aliphatic carbocycles. The molecule has 2 unspecified atom stereocenters. The van der Waals surface area contributed by atoms with Gasteiger partial charge in [-0.3, -0.25) is 0 Å². The average Bonchev–Trinajstić information content (AvgIpc) is 2.14. The van der Waals surface area contributed by atoms with Crippen LogP contribution in [0.2, 0.25) is 0 Å². The Bertz CT molecular complexity index is 105. The summed E-state index contributed by atoms with van der Waals surface area (Å²) in [5, 5.41) is 0. The summed E-state index contributed by atoms with van der Waals surface area (Å²) >= 11 is 0. The lowest BCUT2D eigenvalue weighted by Crippen LogP contribution is -1.98. The quantitative estimate of drug-likeness (QED) is 0.444. The minimum absolute atomic E-state index is 0.637. The zero-order chi connectivity index (χ0) is 10.8. The Labute approximate surface area is 91.5 Å². The monoisotopic (exact) mass is 197 g/mol. The maximum Gasteiger partial charge on any atom is -0.0443 e. The second-order valence-electron chi connectivity index (χ2n) is 4.99. The molecule has 2 atom stereocenters. The van der Waals surface area contributed by atoms with Gasteiger partial charge >= 0.3 is 0 Å². The van der Waals surface area contributed by atoms with Gasteiger partial charge in [0.1, 0.15) is 0 Å². The van der Waals surface area contributed by atoms with Crippen LogP contribution in [0.4, 0.5) is 0 Å². The molecule has 14 heavy (non-hydrogen) atoms. The Morgan fingerprint density at radius 2 is 1.50 bits per heavy atom. The molecular formula is C14H29. The van der Waals surface area contributed by atoms with E-state index in [4.69, 9.17) is 0 Å². The molecular weight excluding hydrogens is 168 g/mol. The third kappa shape index (κ3) is 10.1. The first-order valence-corrected chi connectivity index (χ1v) is 6.49. The van der Waals surface area contributed by atoms with E-state index in [1.807, 2.05) is 0 Å². The van der Waals surface area contributed by atoms with Gasteiger partial charge in [0.2, 0.25) is 0 Å². The second kappa shape index (κ2) is 9.55. The van der Waals surface area contributed by atoms with Gasteiger partial charge in [-0.25, -0.2) is 0 Å². The highest BCUT2D eigenvalue weighted by molar-refractivity contribution is 4.59. The summed E-state index contributed by atoms with van der Waals surface area (Å²) in [6, 6.07) is 0. The fourth-order valence-corrected chi connectivity index (χ4v) is 1.81. The molecule has 0 aromatic carbocycles. The third-order valence-electron chi connectivity index (χ3n) is 2.95. The smallest absolute Gasteiger partial charge is 0.0443 e. The lowest BCUT2D eigenvalue weighted by molar-refractivity contribution is 0.422. The fraction of sp³-hybridized carbons (Fsp3) is 0.929. The van der Waals surface area contributed by atoms with Crippen LogP contribution >= 0.6 is 0 Å². The normalized spacial score (nSPS) is 13.5. The minimum Gasteiger partial charge on any atom is -0.0654 e. The summed E-state index contributed by atoms with van der Waals surface area (Å²) in [6.45, 7) is 10.9. The molecule has 0 saturated heterocycles. The van der Waals surface area contributed by atoms with Crippen LogP contribution < -0.4 is 0 Å². The molecule has 0 aliphatic rings. The Morgan fingerprint density at radius 1 is 0.857 bits per heavy atom. The second-order valence-corrected chi connectivity index (χ2v) is 4.99. The van der Waals surface area contributed by atoms with Gasteiger partial charge in [-0.2, -0.15) is 0 Å². The molecule has 0 aromatic rings. The zero-order valence-corrected chi connectivity index (χ0v) is 10.5. The molecule has 0 amide bonds. The molecule has 0 bridgehead atoms. The highest BCUT2D eigenvalue weighted by Crippen LogP contribution is 2.18. The van der Waals surface area contributed by atoms with Crippen LogP contribution in [0.1, 0.15) is 72.1 Å². The highest BCUT2D eigenvalue weighted by atomic mass is 14.1. The third-order valence-corrected chi connectivity index (χ3v) is 2.95. The van der Waals surface area contributed by atoms with E-state index in [-0.39, 0.29) is 0 Å². The van der Waals surface area contributed by atoms with Crippen molar-refractivity contribution in [3.8, 4) is 0 Å². The lowest BCUT2D eigenvalue weighted by atomic mass is 9.94. The molecule has 0 spiro atoms. The van der Waals surface area contributed by atoms with Crippen LogP contribution in [-0.2, 0) is 0 Å². The summed E-state index contributed by atoms with van der Waals surface area (Å²) in [4.78, 5) is 0. The highest BCUT2D eigenvalue weighted by Gasteiger charge is 2.03. The van der Waals surface area contributed by atoms with Crippen molar-refractivity contribution in [1.29, 1.82) is 0 Å². The predicted molar refractivity (Wildman–Crippen MR) is 66.3 cm³/mol. The Balaban J connectivity index is 3.14. The van der Waals surface area contributed by atoms with Gasteiger partial charge in [0.15, 0.2) is 0 Å². The van der Waals surface area contributed by atoms with Gasteiger partial charge in [-0.1, -0.05) is 79.1 Å². The number of unbranched alkanes of at least 4 members (excludes halogenated alkanes) is 4. The fourth-order valence-electron chi connectivity index (χ4n) is 1.81. The summed E-state index contributed by atoms with van der Waals surface area (Å²) in [5.41, 5.74) is 0. The van der Waals surface area contributed by atoms with Crippen molar-refractivity contribution in [2.45, 2.75) is 72.1 Å². The Hall–Kier alpha value is 0. The molecule has 0 heteroatoms. The average molecular weight is 197 g/mol. The van der Waals surface area contributed by atoms with Gasteiger partial charge in [-0.15, -0.1) is 0 Å². The van der Waals surface area contributed by atoms with Crippen molar-refractivity contribution in [1.82, 2.24) is 0 Å². The lowest BCUT2D eigenvalue weighted by Gasteiger charge is -2.12. The van der Waals surface area contributed by atoms with E-state index in [1.165, 1.54) is 51.4 Å². The molecule has 0 N–H and O–H groups in total. The molecule has 0 heterocycles. The van der Waals surface area contributed by atoms with E-state index in [1.54, 1.807) is 0 Å². The van der Waals surface area contributed by atoms with E-state index >= 15 is 0 Å². The number of hydrogen-bond donors (Lipinski definition) is 0. The van der Waals surface area contributed by atoms with Crippen molar-refractivity contribution >= 4 is 0 Å². The van der Waals surface area contributed by atoms with Crippen LogP contribution in [0.15, 0.2) is 0 Å². The zero-order valence-electron chi connectivity index (χ0n) is 10.5. The summed E-state index contributed by atoms with van der Waals surface area (Å²) < 4.78 is 0. The van der Waals surface area contributed by atoms with Crippen LogP contribution in [-0.4, -0.2) is 0 Å². The van der Waals surface area contributed by atoms with E-state index in [9.17, 15) is 0 Å². The Kier molecular flexibility index (Phi) is 9.55. The van der Waals surface area contributed by atoms with E-state index in [2.05, 4.69) is 27.7 Å². The van der Waals surface area contributed by atoms with Crippen molar-refractivity contribution in [3.63, 3.8) is 0 Å². The largest absolute Gasteiger partial charge is 0.0654 e. The number of rotatable bonds is 9. The molecule has 0 aliphatic heterocycles. The van der Waals surface area contributed by atoms with Crippen molar-refractivity contribution in [2.24, 2.45) is 11.8 Å².